The molecule has 1 aromatic carbocycles. The Labute approximate surface area is 123 Å². The molecule has 0 saturated heterocycles. The van der Waals surface area contributed by atoms with Crippen molar-refractivity contribution in [2.24, 2.45) is 5.92 Å². The van der Waals surface area contributed by atoms with E-state index in [4.69, 9.17) is 0 Å². The summed E-state index contributed by atoms with van der Waals surface area (Å²) < 4.78 is 0. The lowest BCUT2D eigenvalue weighted by atomic mass is 9.72. The van der Waals surface area contributed by atoms with Gasteiger partial charge in [-0.3, -0.25) is 9.69 Å². The van der Waals surface area contributed by atoms with E-state index in [9.17, 15) is 4.79 Å². The number of aryl methyl sites for hydroxylation is 2. The standard InChI is InChI=1S/C18H27NO/c1-13-6-8-18(9-7-13,19(4)5)17(20)16-11-14(2)10-15(3)12-16/h10-13H,6-9H2,1-5H3. The van der Waals surface area contributed by atoms with Crippen molar-refractivity contribution >= 4 is 5.78 Å². The van der Waals surface area contributed by atoms with Gasteiger partial charge in [-0.15, -0.1) is 0 Å². The fourth-order valence-electron chi connectivity index (χ4n) is 3.49. The first-order valence-electron chi connectivity index (χ1n) is 7.66. The molecule has 110 valence electrons. The molecule has 0 N–H and O–H groups in total. The Hall–Kier alpha value is -1.15. The fourth-order valence-corrected chi connectivity index (χ4v) is 3.49. The zero-order valence-corrected chi connectivity index (χ0v) is 13.5. The summed E-state index contributed by atoms with van der Waals surface area (Å²) in [5.74, 6) is 1.05. The third-order valence-corrected chi connectivity index (χ3v) is 4.86. The summed E-state index contributed by atoms with van der Waals surface area (Å²) in [5.41, 5.74) is 2.93. The molecule has 0 heterocycles. The zero-order chi connectivity index (χ0) is 14.9. The number of nitrogens with zero attached hydrogens (tertiary/aromatic N) is 1. The number of ketones is 1. The minimum absolute atomic E-state index is 0.299. The van der Waals surface area contributed by atoms with Gasteiger partial charge in [-0.2, -0.15) is 0 Å². The minimum Gasteiger partial charge on any atom is -0.297 e. The van der Waals surface area contributed by atoms with Crippen molar-refractivity contribution in [3.05, 3.63) is 34.9 Å². The van der Waals surface area contributed by atoms with Crippen LogP contribution in [0, 0.1) is 19.8 Å². The van der Waals surface area contributed by atoms with Crippen molar-refractivity contribution in [3.63, 3.8) is 0 Å². The Kier molecular flexibility index (Phi) is 4.33. The molecule has 1 fully saturated rings. The Bertz CT molecular complexity index is 476. The normalized spacial score (nSPS) is 26.8. The number of carbonyl (C=O) groups is 1. The average Bonchev–Trinajstić information content (AvgIpc) is 2.37. The predicted molar refractivity (Wildman–Crippen MR) is 84.3 cm³/mol. The van der Waals surface area contributed by atoms with Crippen LogP contribution in [0.5, 0.6) is 0 Å². The molecule has 0 bridgehead atoms. The van der Waals surface area contributed by atoms with Crippen LogP contribution in [0.1, 0.15) is 54.1 Å². The molecule has 1 aromatic rings. The monoisotopic (exact) mass is 273 g/mol. The van der Waals surface area contributed by atoms with E-state index in [1.807, 2.05) is 12.1 Å². The number of hydrogen-bond acceptors (Lipinski definition) is 2. The number of Topliss-reactive ketones (excluding diaryl/α,β-unsaturated/α-hetero) is 1. The molecular formula is C18H27NO. The van der Waals surface area contributed by atoms with E-state index in [0.717, 1.165) is 37.2 Å². The predicted octanol–water partition coefficient (Wildman–Crippen LogP) is 4.00. The molecule has 1 aliphatic rings. The van der Waals surface area contributed by atoms with Gasteiger partial charge in [0.2, 0.25) is 0 Å². The molecule has 0 radical (unpaired) electrons. The maximum atomic E-state index is 13.1. The summed E-state index contributed by atoms with van der Waals surface area (Å²) in [5, 5.41) is 0. The van der Waals surface area contributed by atoms with Crippen molar-refractivity contribution < 1.29 is 4.79 Å². The van der Waals surface area contributed by atoms with Gasteiger partial charge >= 0.3 is 0 Å². The quantitative estimate of drug-likeness (QED) is 0.776. The number of likely N-dealkylation sites (N-methyl/N-ethyl adjacent to an activating group) is 1. The topological polar surface area (TPSA) is 20.3 Å². The van der Waals surface area contributed by atoms with Crippen molar-refractivity contribution in [3.8, 4) is 0 Å². The summed E-state index contributed by atoms with van der Waals surface area (Å²) in [6.07, 6.45) is 4.25. The number of rotatable bonds is 3. The Balaban J connectivity index is 2.37. The van der Waals surface area contributed by atoms with E-state index >= 15 is 0 Å². The number of carbonyl (C=O) groups excluding carboxylic acids is 1. The lowest BCUT2D eigenvalue weighted by Gasteiger charge is -2.43. The molecule has 0 unspecified atom stereocenters. The fraction of sp³-hybridized carbons (Fsp3) is 0.611. The molecule has 0 atom stereocenters. The van der Waals surface area contributed by atoms with Gasteiger partial charge in [0.15, 0.2) is 5.78 Å². The molecule has 2 rings (SSSR count). The van der Waals surface area contributed by atoms with Gasteiger partial charge in [0.25, 0.3) is 0 Å². The zero-order valence-electron chi connectivity index (χ0n) is 13.5. The average molecular weight is 273 g/mol. The van der Waals surface area contributed by atoms with Crippen LogP contribution >= 0.6 is 0 Å². The van der Waals surface area contributed by atoms with Crippen LogP contribution in [0.2, 0.25) is 0 Å². The first-order chi connectivity index (χ1) is 9.35. The maximum absolute atomic E-state index is 13.1. The molecule has 2 heteroatoms. The molecule has 1 saturated carbocycles. The number of hydrogen-bond donors (Lipinski definition) is 0. The molecule has 2 nitrogen and oxygen atoms in total. The first-order valence-corrected chi connectivity index (χ1v) is 7.66. The van der Waals surface area contributed by atoms with Crippen LogP contribution in [0.15, 0.2) is 18.2 Å². The molecule has 1 aliphatic carbocycles. The van der Waals surface area contributed by atoms with Gasteiger partial charge in [-0.05, 0) is 71.7 Å². The van der Waals surface area contributed by atoms with Gasteiger partial charge in [0.05, 0.1) is 5.54 Å². The van der Waals surface area contributed by atoms with Crippen molar-refractivity contribution in [1.82, 2.24) is 4.90 Å². The van der Waals surface area contributed by atoms with Crippen molar-refractivity contribution in [1.29, 1.82) is 0 Å². The lowest BCUT2D eigenvalue weighted by Crippen LogP contribution is -2.53. The smallest absolute Gasteiger partial charge is 0.183 e. The summed E-state index contributed by atoms with van der Waals surface area (Å²) in [4.78, 5) is 15.3. The highest BCUT2D eigenvalue weighted by Gasteiger charge is 2.43. The second-order valence-corrected chi connectivity index (χ2v) is 6.81. The Morgan fingerprint density at radius 3 is 2.05 bits per heavy atom. The second kappa shape index (κ2) is 5.69. The van der Waals surface area contributed by atoms with E-state index in [0.29, 0.717) is 5.78 Å². The SMILES string of the molecule is Cc1cc(C)cc(C(=O)C2(N(C)C)CCC(C)CC2)c1. The van der Waals surface area contributed by atoms with Crippen molar-refractivity contribution in [2.75, 3.05) is 14.1 Å². The summed E-state index contributed by atoms with van der Waals surface area (Å²) in [7, 11) is 4.10. The molecule has 20 heavy (non-hydrogen) atoms. The highest BCUT2D eigenvalue weighted by Crippen LogP contribution is 2.37. The second-order valence-electron chi connectivity index (χ2n) is 6.81. The van der Waals surface area contributed by atoms with E-state index in [2.05, 4.69) is 45.8 Å². The van der Waals surface area contributed by atoms with Gasteiger partial charge < -0.3 is 0 Å². The lowest BCUT2D eigenvalue weighted by molar-refractivity contribution is 0.0513. The van der Waals surface area contributed by atoms with E-state index in [-0.39, 0.29) is 5.54 Å². The van der Waals surface area contributed by atoms with Crippen LogP contribution in [-0.2, 0) is 0 Å². The van der Waals surface area contributed by atoms with Crippen LogP contribution in [-0.4, -0.2) is 30.3 Å². The van der Waals surface area contributed by atoms with E-state index in [1.54, 1.807) is 0 Å². The first kappa shape index (κ1) is 15.2. The summed E-state index contributed by atoms with van der Waals surface area (Å²) in [6.45, 7) is 6.42. The Morgan fingerprint density at radius 1 is 1.10 bits per heavy atom. The molecule has 0 amide bonds. The number of benzene rings is 1. The van der Waals surface area contributed by atoms with Gasteiger partial charge in [-0.25, -0.2) is 0 Å². The van der Waals surface area contributed by atoms with Crippen LogP contribution in [0.25, 0.3) is 0 Å². The minimum atomic E-state index is -0.299. The van der Waals surface area contributed by atoms with E-state index < -0.39 is 0 Å². The van der Waals surface area contributed by atoms with Crippen LogP contribution in [0.3, 0.4) is 0 Å². The molecular weight excluding hydrogens is 246 g/mol. The maximum Gasteiger partial charge on any atom is 0.183 e. The third kappa shape index (κ3) is 2.80. The highest BCUT2D eigenvalue weighted by molar-refractivity contribution is 6.03. The highest BCUT2D eigenvalue weighted by atomic mass is 16.1. The van der Waals surface area contributed by atoms with E-state index in [1.165, 1.54) is 11.1 Å². The largest absolute Gasteiger partial charge is 0.297 e. The van der Waals surface area contributed by atoms with Crippen LogP contribution in [0.4, 0.5) is 0 Å². The van der Waals surface area contributed by atoms with Gasteiger partial charge in [0, 0.05) is 5.56 Å². The van der Waals surface area contributed by atoms with Crippen molar-refractivity contribution in [2.45, 2.75) is 52.0 Å². The molecule has 0 spiro atoms. The molecule has 0 aromatic heterocycles. The molecule has 0 aliphatic heterocycles. The van der Waals surface area contributed by atoms with Gasteiger partial charge in [0.1, 0.15) is 0 Å². The summed E-state index contributed by atoms with van der Waals surface area (Å²) in [6, 6.07) is 6.21. The van der Waals surface area contributed by atoms with Crippen LogP contribution < -0.4 is 0 Å². The summed E-state index contributed by atoms with van der Waals surface area (Å²) >= 11 is 0. The Morgan fingerprint density at radius 2 is 1.60 bits per heavy atom. The third-order valence-electron chi connectivity index (χ3n) is 4.86. The van der Waals surface area contributed by atoms with Gasteiger partial charge in [-0.1, -0.05) is 24.1 Å².